The van der Waals surface area contributed by atoms with Crippen LogP contribution >= 0.6 is 11.8 Å². The van der Waals surface area contributed by atoms with Crippen molar-refractivity contribution in [2.24, 2.45) is 5.92 Å². The Morgan fingerprint density at radius 1 is 1.12 bits per heavy atom. The lowest BCUT2D eigenvalue weighted by atomic mass is 9.93. The molecule has 2 rings (SSSR count). The molecule has 1 heterocycles. The minimum absolute atomic E-state index is 0.129. The van der Waals surface area contributed by atoms with Crippen molar-refractivity contribution in [3.05, 3.63) is 30.3 Å². The molecule has 0 unspecified atom stereocenters. The van der Waals surface area contributed by atoms with Crippen molar-refractivity contribution in [1.29, 1.82) is 0 Å². The van der Waals surface area contributed by atoms with E-state index in [0.717, 1.165) is 24.2 Å². The Labute approximate surface area is 161 Å². The average Bonchev–Trinajstić information content (AvgIpc) is 2.94. The number of carbonyl (C=O) groups excluding carboxylic acids is 2. The van der Waals surface area contributed by atoms with Gasteiger partial charge in [-0.25, -0.2) is 0 Å². The summed E-state index contributed by atoms with van der Waals surface area (Å²) in [6, 6.07) is 9.81. The number of cyclic esters (lactones) is 1. The maximum atomic E-state index is 12.4. The molecule has 1 aliphatic heterocycles. The molecule has 3 atom stereocenters. The number of unbranched alkanes of at least 4 members (excludes halogenated alkanes) is 5. The topological polar surface area (TPSA) is 52.6 Å². The van der Waals surface area contributed by atoms with E-state index in [1.165, 1.54) is 44.6 Å². The van der Waals surface area contributed by atoms with Gasteiger partial charge in [0.25, 0.3) is 0 Å². The molecule has 0 aromatic heterocycles. The van der Waals surface area contributed by atoms with E-state index < -0.39 is 0 Å². The summed E-state index contributed by atoms with van der Waals surface area (Å²) in [5.41, 5.74) is 0. The smallest absolute Gasteiger partial charge is 0.320 e. The maximum absolute atomic E-state index is 12.4. The number of rotatable bonds is 11. The van der Waals surface area contributed by atoms with Crippen molar-refractivity contribution in [2.75, 3.05) is 7.11 Å². The molecule has 1 saturated heterocycles. The predicted molar refractivity (Wildman–Crippen MR) is 104 cm³/mol. The number of hydrogen-bond donors (Lipinski definition) is 0. The normalized spacial score (nSPS) is 22.2. The van der Waals surface area contributed by atoms with Crippen LogP contribution < -0.4 is 0 Å². The first kappa shape index (κ1) is 20.8. The molecule has 1 aromatic carbocycles. The lowest BCUT2D eigenvalue weighted by molar-refractivity contribution is -0.144. The van der Waals surface area contributed by atoms with Crippen molar-refractivity contribution >= 4 is 23.7 Å². The lowest BCUT2D eigenvalue weighted by Crippen LogP contribution is -2.26. The van der Waals surface area contributed by atoms with E-state index in [9.17, 15) is 9.59 Å². The molecule has 144 valence electrons. The first-order valence-electron chi connectivity index (χ1n) is 9.64. The zero-order valence-electron chi connectivity index (χ0n) is 15.8. The number of methoxy groups -OCH3 is 1. The Bertz CT molecular complexity index is 560. The van der Waals surface area contributed by atoms with Crippen LogP contribution in [-0.2, 0) is 19.1 Å². The van der Waals surface area contributed by atoms with Crippen molar-refractivity contribution in [1.82, 2.24) is 0 Å². The van der Waals surface area contributed by atoms with E-state index in [4.69, 9.17) is 9.47 Å². The third-order valence-electron chi connectivity index (χ3n) is 4.84. The summed E-state index contributed by atoms with van der Waals surface area (Å²) in [5.74, 6) is -0.612. The fourth-order valence-corrected chi connectivity index (χ4v) is 4.57. The molecule has 26 heavy (non-hydrogen) atoms. The quantitative estimate of drug-likeness (QED) is 0.400. The van der Waals surface area contributed by atoms with Gasteiger partial charge in [-0.3, -0.25) is 9.59 Å². The predicted octanol–water partition coefficient (Wildman–Crippen LogP) is 5.00. The summed E-state index contributed by atoms with van der Waals surface area (Å²) in [5, 5.41) is -0.346. The van der Waals surface area contributed by atoms with Gasteiger partial charge in [0.2, 0.25) is 0 Å². The van der Waals surface area contributed by atoms with Gasteiger partial charge in [-0.1, -0.05) is 57.2 Å². The first-order valence-corrected chi connectivity index (χ1v) is 10.5. The summed E-state index contributed by atoms with van der Waals surface area (Å²) >= 11 is 1.49. The Balaban J connectivity index is 1.95. The van der Waals surface area contributed by atoms with E-state index in [1.54, 1.807) is 0 Å². The third kappa shape index (κ3) is 6.35. The molecular formula is C21H30O4S. The van der Waals surface area contributed by atoms with Gasteiger partial charge in [0.1, 0.15) is 11.4 Å². The van der Waals surface area contributed by atoms with E-state index in [0.29, 0.717) is 0 Å². The summed E-state index contributed by atoms with van der Waals surface area (Å²) < 4.78 is 10.5. The second kappa shape index (κ2) is 11.3. The second-order valence-electron chi connectivity index (χ2n) is 6.83. The van der Waals surface area contributed by atoms with Crippen LogP contribution in [0.5, 0.6) is 0 Å². The Hall–Kier alpha value is -1.49. The molecule has 0 N–H and O–H groups in total. The fraction of sp³-hybridized carbons (Fsp3) is 0.619. The van der Waals surface area contributed by atoms with Gasteiger partial charge in [-0.15, -0.1) is 11.8 Å². The highest BCUT2D eigenvalue weighted by atomic mass is 32.2. The number of esters is 2. The highest BCUT2D eigenvalue weighted by molar-refractivity contribution is 8.00. The monoisotopic (exact) mass is 378 g/mol. The molecule has 0 aliphatic carbocycles. The van der Waals surface area contributed by atoms with Gasteiger partial charge in [0, 0.05) is 10.8 Å². The molecule has 1 fully saturated rings. The standard InChI is InChI=1S/C21H30O4S/c1-3-4-5-6-7-11-14-18-17(15-19(22)24-2)20(21(23)25-18)26-16-12-9-8-10-13-16/h8-10,12-13,17-18,20H,3-7,11,14-15H2,1-2H3/t17-,18-,20+/m1/s1. The Kier molecular flexibility index (Phi) is 9.02. The third-order valence-corrected chi connectivity index (χ3v) is 6.19. The molecular weight excluding hydrogens is 348 g/mol. The van der Waals surface area contributed by atoms with Crippen LogP contribution in [0.2, 0.25) is 0 Å². The zero-order chi connectivity index (χ0) is 18.8. The van der Waals surface area contributed by atoms with E-state index >= 15 is 0 Å². The van der Waals surface area contributed by atoms with Crippen molar-refractivity contribution in [2.45, 2.75) is 74.5 Å². The highest BCUT2D eigenvalue weighted by Gasteiger charge is 2.45. The molecule has 1 aromatic rings. The van der Waals surface area contributed by atoms with Gasteiger partial charge in [-0.2, -0.15) is 0 Å². The molecule has 0 saturated carbocycles. The molecule has 1 aliphatic rings. The van der Waals surface area contributed by atoms with Gasteiger partial charge in [-0.05, 0) is 25.0 Å². The number of hydrogen-bond acceptors (Lipinski definition) is 5. The number of benzene rings is 1. The SMILES string of the molecule is CCCCCCCC[C@H]1OC(=O)[C@@H](Sc2ccccc2)[C@@H]1CC(=O)OC. The minimum atomic E-state index is -0.346. The average molecular weight is 379 g/mol. The van der Waals surface area contributed by atoms with Gasteiger partial charge >= 0.3 is 11.9 Å². The Morgan fingerprint density at radius 3 is 2.50 bits per heavy atom. The molecule has 0 radical (unpaired) electrons. The Morgan fingerprint density at radius 2 is 1.81 bits per heavy atom. The lowest BCUT2D eigenvalue weighted by Gasteiger charge is -2.19. The van der Waals surface area contributed by atoms with Gasteiger partial charge in [0.15, 0.2) is 0 Å². The van der Waals surface area contributed by atoms with Crippen LogP contribution in [0.15, 0.2) is 35.2 Å². The van der Waals surface area contributed by atoms with Crippen LogP contribution in [0.3, 0.4) is 0 Å². The minimum Gasteiger partial charge on any atom is -0.469 e. The van der Waals surface area contributed by atoms with Crippen molar-refractivity contribution in [3.63, 3.8) is 0 Å². The van der Waals surface area contributed by atoms with Crippen LogP contribution in [0.4, 0.5) is 0 Å². The van der Waals surface area contributed by atoms with Gasteiger partial charge < -0.3 is 9.47 Å². The summed E-state index contributed by atoms with van der Waals surface area (Å²) in [4.78, 5) is 25.3. The summed E-state index contributed by atoms with van der Waals surface area (Å²) in [7, 11) is 1.39. The maximum Gasteiger partial charge on any atom is 0.320 e. The van der Waals surface area contributed by atoms with E-state index in [-0.39, 0.29) is 35.6 Å². The van der Waals surface area contributed by atoms with E-state index in [1.807, 2.05) is 30.3 Å². The summed E-state index contributed by atoms with van der Waals surface area (Å²) in [6.07, 6.45) is 8.04. The number of carbonyl (C=O) groups is 2. The molecule has 5 heteroatoms. The molecule has 0 spiro atoms. The van der Waals surface area contributed by atoms with Crippen LogP contribution in [0.25, 0.3) is 0 Å². The van der Waals surface area contributed by atoms with Crippen LogP contribution in [0.1, 0.15) is 58.3 Å². The van der Waals surface area contributed by atoms with Crippen LogP contribution in [-0.4, -0.2) is 30.4 Å². The van der Waals surface area contributed by atoms with Crippen molar-refractivity contribution < 1.29 is 19.1 Å². The second-order valence-corrected chi connectivity index (χ2v) is 8.04. The van der Waals surface area contributed by atoms with Gasteiger partial charge in [0.05, 0.1) is 13.5 Å². The largest absolute Gasteiger partial charge is 0.469 e. The molecule has 4 nitrogen and oxygen atoms in total. The number of ether oxygens (including phenoxy) is 2. The fourth-order valence-electron chi connectivity index (χ4n) is 3.37. The first-order chi connectivity index (χ1) is 12.7. The van der Waals surface area contributed by atoms with E-state index in [2.05, 4.69) is 6.92 Å². The highest BCUT2D eigenvalue weighted by Crippen LogP contribution is 2.40. The van der Waals surface area contributed by atoms with Crippen LogP contribution in [0, 0.1) is 5.92 Å². The number of thioether (sulfide) groups is 1. The molecule has 0 amide bonds. The summed E-state index contributed by atoms with van der Waals surface area (Å²) in [6.45, 7) is 2.21. The molecule has 0 bridgehead atoms. The van der Waals surface area contributed by atoms with Crippen molar-refractivity contribution in [3.8, 4) is 0 Å². The zero-order valence-corrected chi connectivity index (χ0v) is 16.6.